The zero-order chi connectivity index (χ0) is 13.0. The van der Waals surface area contributed by atoms with Gasteiger partial charge in [0.1, 0.15) is 5.75 Å². The van der Waals surface area contributed by atoms with E-state index in [1.165, 1.54) is 0 Å². The van der Waals surface area contributed by atoms with Crippen LogP contribution in [0.1, 0.15) is 24.9 Å². The summed E-state index contributed by atoms with van der Waals surface area (Å²) in [6.45, 7) is 2.09. The molecule has 94 valence electrons. The molecule has 0 aliphatic carbocycles. The minimum atomic E-state index is -0.456. The molecule has 3 N–H and O–H groups in total. The smallest absolute Gasteiger partial charge is 0.307 e. The molecule has 0 saturated carbocycles. The van der Waals surface area contributed by atoms with Gasteiger partial charge < -0.3 is 15.6 Å². The van der Waals surface area contributed by atoms with Crippen LogP contribution in [0.5, 0.6) is 5.75 Å². The van der Waals surface area contributed by atoms with E-state index in [0.717, 1.165) is 5.56 Å². The zero-order valence-corrected chi connectivity index (χ0v) is 12.4. The Morgan fingerprint density at radius 2 is 2.00 bits per heavy atom. The Labute approximate surface area is 116 Å². The van der Waals surface area contributed by atoms with Gasteiger partial charge in [-0.25, -0.2) is 0 Å². The highest BCUT2D eigenvalue weighted by molar-refractivity contribution is 9.11. The Morgan fingerprint density at radius 3 is 2.47 bits per heavy atom. The number of carbonyl (C=O) groups excluding carboxylic acids is 1. The normalized spacial score (nSPS) is 12.2. The van der Waals surface area contributed by atoms with E-state index in [4.69, 9.17) is 10.5 Å². The molecule has 0 radical (unpaired) electrons. The molecule has 1 rings (SSSR count). The summed E-state index contributed by atoms with van der Waals surface area (Å²) in [7, 11) is 0. The van der Waals surface area contributed by atoms with Crippen LogP contribution < -0.4 is 5.73 Å². The maximum absolute atomic E-state index is 11.3. The molecule has 0 aliphatic rings. The number of carbonyl (C=O) groups is 1. The average Bonchev–Trinajstić information content (AvgIpc) is 2.25. The number of hydrogen-bond acceptors (Lipinski definition) is 4. The third-order valence-electron chi connectivity index (χ3n) is 2.16. The van der Waals surface area contributed by atoms with Gasteiger partial charge in [0.25, 0.3) is 0 Å². The van der Waals surface area contributed by atoms with Gasteiger partial charge in [0.05, 0.1) is 22.0 Å². The average molecular weight is 367 g/mol. The van der Waals surface area contributed by atoms with Gasteiger partial charge in [-0.05, 0) is 56.5 Å². The summed E-state index contributed by atoms with van der Waals surface area (Å²) in [4.78, 5) is 11.3. The molecule has 0 aromatic heterocycles. The van der Waals surface area contributed by atoms with Gasteiger partial charge in [-0.2, -0.15) is 0 Å². The van der Waals surface area contributed by atoms with Crippen LogP contribution >= 0.6 is 31.9 Å². The number of rotatable bonds is 4. The number of benzene rings is 1. The first kappa shape index (κ1) is 14.5. The van der Waals surface area contributed by atoms with E-state index in [1.54, 1.807) is 19.1 Å². The van der Waals surface area contributed by atoms with Gasteiger partial charge in [-0.3, -0.25) is 4.79 Å². The third-order valence-corrected chi connectivity index (χ3v) is 3.37. The number of nitrogens with two attached hydrogens (primary N) is 1. The first-order chi connectivity index (χ1) is 7.95. The number of hydrogen-bond donors (Lipinski definition) is 2. The highest BCUT2D eigenvalue weighted by Gasteiger charge is 2.15. The Balaban J connectivity index is 2.82. The van der Waals surface area contributed by atoms with E-state index in [0.29, 0.717) is 15.6 Å². The second-order valence-electron chi connectivity index (χ2n) is 3.45. The first-order valence-corrected chi connectivity index (χ1v) is 6.63. The molecule has 0 fully saturated rings. The van der Waals surface area contributed by atoms with Crippen LogP contribution in [0.25, 0.3) is 0 Å². The predicted octanol–water partition coefficient (Wildman–Crippen LogP) is 2.87. The van der Waals surface area contributed by atoms with Crippen LogP contribution in [-0.4, -0.2) is 17.7 Å². The van der Waals surface area contributed by atoms with E-state index in [1.807, 2.05) is 0 Å². The summed E-state index contributed by atoms with van der Waals surface area (Å²) < 4.78 is 5.88. The lowest BCUT2D eigenvalue weighted by atomic mass is 10.0. The SMILES string of the molecule is CCOC(=O)C[C@H](N)c1cc(Br)c(O)c(Br)c1. The number of ether oxygens (including phenoxy) is 1. The predicted molar refractivity (Wildman–Crippen MR) is 71.7 cm³/mol. The molecule has 0 aliphatic heterocycles. The number of phenolic OH excluding ortho intramolecular Hbond substituents is 1. The summed E-state index contributed by atoms with van der Waals surface area (Å²) in [5.41, 5.74) is 6.63. The Kier molecular flexibility index (Phi) is 5.42. The van der Waals surface area contributed by atoms with Crippen molar-refractivity contribution in [2.45, 2.75) is 19.4 Å². The molecule has 1 atom stereocenters. The lowest BCUT2D eigenvalue weighted by molar-refractivity contribution is -0.143. The highest BCUT2D eigenvalue weighted by atomic mass is 79.9. The lowest BCUT2D eigenvalue weighted by Crippen LogP contribution is -2.17. The van der Waals surface area contributed by atoms with Crippen molar-refractivity contribution in [1.82, 2.24) is 0 Å². The number of esters is 1. The molecular formula is C11H13Br2NO3. The van der Waals surface area contributed by atoms with Gasteiger partial charge in [-0.1, -0.05) is 0 Å². The molecule has 0 unspecified atom stereocenters. The van der Waals surface area contributed by atoms with E-state index < -0.39 is 6.04 Å². The van der Waals surface area contributed by atoms with Crippen molar-refractivity contribution in [3.05, 3.63) is 26.6 Å². The Hall–Kier alpha value is -0.590. The van der Waals surface area contributed by atoms with Crippen LogP contribution in [0.15, 0.2) is 21.1 Å². The van der Waals surface area contributed by atoms with Crippen molar-refractivity contribution in [2.24, 2.45) is 5.73 Å². The molecule has 0 amide bonds. The fraction of sp³-hybridized carbons (Fsp3) is 0.364. The molecule has 0 saturated heterocycles. The summed E-state index contributed by atoms with van der Waals surface area (Å²) in [6, 6.07) is 2.91. The molecule has 1 aromatic carbocycles. The summed E-state index contributed by atoms with van der Waals surface area (Å²) in [5.74, 6) is -0.225. The summed E-state index contributed by atoms with van der Waals surface area (Å²) >= 11 is 6.42. The number of halogens is 2. The largest absolute Gasteiger partial charge is 0.506 e. The first-order valence-electron chi connectivity index (χ1n) is 5.04. The van der Waals surface area contributed by atoms with Crippen molar-refractivity contribution in [2.75, 3.05) is 6.61 Å². The van der Waals surface area contributed by atoms with E-state index in [2.05, 4.69) is 31.9 Å². The molecule has 0 bridgehead atoms. The van der Waals surface area contributed by atoms with E-state index in [-0.39, 0.29) is 18.1 Å². The fourth-order valence-corrected chi connectivity index (χ4v) is 2.54. The molecule has 6 heteroatoms. The summed E-state index contributed by atoms with van der Waals surface area (Å²) in [6.07, 6.45) is 0.109. The monoisotopic (exact) mass is 365 g/mol. The fourth-order valence-electron chi connectivity index (χ4n) is 1.32. The zero-order valence-electron chi connectivity index (χ0n) is 9.24. The van der Waals surface area contributed by atoms with E-state index >= 15 is 0 Å². The highest BCUT2D eigenvalue weighted by Crippen LogP contribution is 2.35. The van der Waals surface area contributed by atoms with Crippen molar-refractivity contribution in [1.29, 1.82) is 0 Å². The van der Waals surface area contributed by atoms with Crippen molar-refractivity contribution < 1.29 is 14.6 Å². The quantitative estimate of drug-likeness (QED) is 0.803. The molecule has 4 nitrogen and oxygen atoms in total. The van der Waals surface area contributed by atoms with Crippen LogP contribution in [0, 0.1) is 0 Å². The molecule has 0 spiro atoms. The standard InChI is InChI=1S/C11H13Br2NO3/c1-2-17-10(15)5-9(14)6-3-7(12)11(16)8(13)4-6/h3-4,9,16H,2,5,14H2,1H3/t9-/m0/s1. The Bertz CT molecular complexity index is 400. The van der Waals surface area contributed by atoms with Crippen LogP contribution in [0.4, 0.5) is 0 Å². The maximum Gasteiger partial charge on any atom is 0.307 e. The Morgan fingerprint density at radius 1 is 1.47 bits per heavy atom. The van der Waals surface area contributed by atoms with Crippen molar-refractivity contribution in [3.8, 4) is 5.75 Å². The van der Waals surface area contributed by atoms with E-state index in [9.17, 15) is 9.90 Å². The van der Waals surface area contributed by atoms with Gasteiger partial charge in [-0.15, -0.1) is 0 Å². The van der Waals surface area contributed by atoms with Gasteiger partial charge in [0, 0.05) is 6.04 Å². The second kappa shape index (κ2) is 6.37. The van der Waals surface area contributed by atoms with Gasteiger partial charge >= 0.3 is 5.97 Å². The van der Waals surface area contributed by atoms with Gasteiger partial charge in [0.2, 0.25) is 0 Å². The topological polar surface area (TPSA) is 72.5 Å². The molecule has 0 heterocycles. The minimum Gasteiger partial charge on any atom is -0.506 e. The molecular weight excluding hydrogens is 354 g/mol. The van der Waals surface area contributed by atoms with Crippen molar-refractivity contribution >= 4 is 37.8 Å². The maximum atomic E-state index is 11.3. The van der Waals surface area contributed by atoms with Crippen LogP contribution in [0.2, 0.25) is 0 Å². The van der Waals surface area contributed by atoms with Gasteiger partial charge in [0.15, 0.2) is 0 Å². The second-order valence-corrected chi connectivity index (χ2v) is 5.16. The molecule has 17 heavy (non-hydrogen) atoms. The van der Waals surface area contributed by atoms with Crippen LogP contribution in [-0.2, 0) is 9.53 Å². The summed E-state index contributed by atoms with van der Waals surface area (Å²) in [5, 5.41) is 9.55. The van der Waals surface area contributed by atoms with Crippen molar-refractivity contribution in [3.63, 3.8) is 0 Å². The van der Waals surface area contributed by atoms with Crippen LogP contribution in [0.3, 0.4) is 0 Å². The third kappa shape index (κ3) is 3.97. The molecule has 1 aromatic rings. The number of aromatic hydroxyl groups is 1. The lowest BCUT2D eigenvalue weighted by Gasteiger charge is -2.13. The minimum absolute atomic E-state index is 0.108. The number of phenols is 1.